The molecular formula is C17H23NO2. The van der Waals surface area contributed by atoms with Gasteiger partial charge in [0.05, 0.1) is 0 Å². The van der Waals surface area contributed by atoms with E-state index < -0.39 is 0 Å². The number of amides is 1. The molecule has 1 saturated heterocycles. The maximum atomic E-state index is 12.7. The van der Waals surface area contributed by atoms with Gasteiger partial charge in [0.15, 0.2) is 0 Å². The van der Waals surface area contributed by atoms with Gasteiger partial charge in [0.2, 0.25) is 0 Å². The fourth-order valence-electron chi connectivity index (χ4n) is 2.99. The van der Waals surface area contributed by atoms with E-state index in [2.05, 4.69) is 19.1 Å². The normalized spacial score (nSPS) is 23.6. The second-order valence-corrected chi connectivity index (χ2v) is 6.03. The van der Waals surface area contributed by atoms with E-state index >= 15 is 0 Å². The number of benzene rings is 1. The fourth-order valence-corrected chi connectivity index (χ4v) is 2.99. The summed E-state index contributed by atoms with van der Waals surface area (Å²) >= 11 is 0. The predicted octanol–water partition coefficient (Wildman–Crippen LogP) is 2.99. The van der Waals surface area contributed by atoms with Crippen molar-refractivity contribution in [3.8, 4) is 0 Å². The Bertz CT molecular complexity index is 449. The van der Waals surface area contributed by atoms with Crippen LogP contribution in [-0.2, 0) is 16.1 Å². The number of rotatable bonds is 5. The van der Waals surface area contributed by atoms with E-state index in [1.807, 2.05) is 23.1 Å². The molecule has 1 aliphatic carbocycles. The number of carbonyl (C=O) groups is 1. The first-order valence-electron chi connectivity index (χ1n) is 7.71. The quantitative estimate of drug-likeness (QED) is 0.825. The Kier molecular flexibility index (Phi) is 4.06. The average molecular weight is 273 g/mol. The van der Waals surface area contributed by atoms with Crippen molar-refractivity contribution < 1.29 is 9.53 Å². The number of carbonyl (C=O) groups excluding carboxylic acids is 1. The van der Waals surface area contributed by atoms with Crippen LogP contribution in [0, 0.1) is 5.92 Å². The number of hydrogen-bond acceptors (Lipinski definition) is 2. The molecule has 1 aromatic rings. The van der Waals surface area contributed by atoms with Gasteiger partial charge in [-0.05, 0) is 44.1 Å². The van der Waals surface area contributed by atoms with Crippen molar-refractivity contribution in [2.24, 2.45) is 5.92 Å². The van der Waals surface area contributed by atoms with Gasteiger partial charge in [0, 0.05) is 19.2 Å². The Labute approximate surface area is 120 Å². The van der Waals surface area contributed by atoms with Gasteiger partial charge in [-0.25, -0.2) is 0 Å². The monoisotopic (exact) mass is 273 g/mol. The molecule has 1 aromatic carbocycles. The summed E-state index contributed by atoms with van der Waals surface area (Å²) in [6, 6.07) is 10.6. The summed E-state index contributed by atoms with van der Waals surface area (Å²) in [6.45, 7) is 3.62. The molecule has 1 saturated carbocycles. The standard InChI is InChI=1S/C17H23NO2/c1-13(15-9-10-15)18(12-14-6-3-2-4-7-14)17(19)16-8-5-11-20-16/h2-4,6-7,13,15-16H,5,8-12H2,1H3. The molecule has 0 aromatic heterocycles. The molecule has 0 spiro atoms. The van der Waals surface area contributed by atoms with Gasteiger partial charge in [0.1, 0.15) is 6.10 Å². The molecule has 0 radical (unpaired) electrons. The third-order valence-corrected chi connectivity index (χ3v) is 4.48. The van der Waals surface area contributed by atoms with Gasteiger partial charge in [-0.3, -0.25) is 4.79 Å². The molecule has 1 amide bonds. The Morgan fingerprint density at radius 1 is 1.30 bits per heavy atom. The molecule has 3 rings (SSSR count). The van der Waals surface area contributed by atoms with E-state index in [0.29, 0.717) is 18.5 Å². The fraction of sp³-hybridized carbons (Fsp3) is 0.588. The van der Waals surface area contributed by atoms with Gasteiger partial charge < -0.3 is 9.64 Å². The van der Waals surface area contributed by atoms with Gasteiger partial charge in [-0.15, -0.1) is 0 Å². The smallest absolute Gasteiger partial charge is 0.252 e. The third kappa shape index (κ3) is 3.04. The highest BCUT2D eigenvalue weighted by Gasteiger charge is 2.37. The van der Waals surface area contributed by atoms with E-state index in [4.69, 9.17) is 4.74 Å². The number of ether oxygens (including phenoxy) is 1. The van der Waals surface area contributed by atoms with Crippen LogP contribution in [0.1, 0.15) is 38.2 Å². The Morgan fingerprint density at radius 2 is 2.05 bits per heavy atom. The van der Waals surface area contributed by atoms with Crippen molar-refractivity contribution in [1.82, 2.24) is 4.90 Å². The third-order valence-electron chi connectivity index (χ3n) is 4.48. The molecule has 20 heavy (non-hydrogen) atoms. The molecule has 3 nitrogen and oxygen atoms in total. The summed E-state index contributed by atoms with van der Waals surface area (Å²) in [7, 11) is 0. The molecule has 3 heteroatoms. The zero-order valence-electron chi connectivity index (χ0n) is 12.1. The molecule has 2 aliphatic rings. The van der Waals surface area contributed by atoms with Crippen LogP contribution in [0.25, 0.3) is 0 Å². The van der Waals surface area contributed by atoms with Crippen molar-refractivity contribution in [2.75, 3.05) is 6.61 Å². The lowest BCUT2D eigenvalue weighted by atomic mass is 10.1. The lowest BCUT2D eigenvalue weighted by Crippen LogP contribution is -2.44. The van der Waals surface area contributed by atoms with Crippen molar-refractivity contribution in [1.29, 1.82) is 0 Å². The second-order valence-electron chi connectivity index (χ2n) is 6.03. The van der Waals surface area contributed by atoms with Crippen molar-refractivity contribution in [3.63, 3.8) is 0 Å². The summed E-state index contributed by atoms with van der Waals surface area (Å²) in [4.78, 5) is 14.8. The molecule has 1 aliphatic heterocycles. The first-order valence-corrected chi connectivity index (χ1v) is 7.71. The minimum atomic E-state index is -0.208. The van der Waals surface area contributed by atoms with Crippen LogP contribution in [0.3, 0.4) is 0 Å². The predicted molar refractivity (Wildman–Crippen MR) is 78.2 cm³/mol. The van der Waals surface area contributed by atoms with Crippen molar-refractivity contribution in [3.05, 3.63) is 35.9 Å². The van der Waals surface area contributed by atoms with Gasteiger partial charge in [-0.1, -0.05) is 30.3 Å². The SMILES string of the molecule is CC(C1CC1)N(Cc1ccccc1)C(=O)C1CCCO1. The lowest BCUT2D eigenvalue weighted by Gasteiger charge is -2.31. The first-order chi connectivity index (χ1) is 9.75. The Hall–Kier alpha value is -1.35. The zero-order valence-corrected chi connectivity index (χ0v) is 12.1. The maximum Gasteiger partial charge on any atom is 0.252 e. The summed E-state index contributed by atoms with van der Waals surface area (Å²) < 4.78 is 5.59. The number of nitrogens with zero attached hydrogens (tertiary/aromatic N) is 1. The van der Waals surface area contributed by atoms with Crippen LogP contribution < -0.4 is 0 Å². The van der Waals surface area contributed by atoms with Crippen molar-refractivity contribution in [2.45, 2.75) is 51.3 Å². The molecular weight excluding hydrogens is 250 g/mol. The molecule has 2 unspecified atom stereocenters. The van der Waals surface area contributed by atoms with Crippen LogP contribution >= 0.6 is 0 Å². The summed E-state index contributed by atoms with van der Waals surface area (Å²) in [5, 5.41) is 0. The van der Waals surface area contributed by atoms with Crippen LogP contribution in [0.15, 0.2) is 30.3 Å². The second kappa shape index (κ2) is 5.96. The van der Waals surface area contributed by atoms with E-state index in [1.165, 1.54) is 18.4 Å². The number of hydrogen-bond donors (Lipinski definition) is 0. The van der Waals surface area contributed by atoms with E-state index in [-0.39, 0.29) is 12.0 Å². The maximum absolute atomic E-state index is 12.7. The summed E-state index contributed by atoms with van der Waals surface area (Å²) in [6.07, 6.45) is 4.19. The lowest BCUT2D eigenvalue weighted by molar-refractivity contribution is -0.144. The Balaban J connectivity index is 1.74. The molecule has 1 heterocycles. The minimum absolute atomic E-state index is 0.186. The molecule has 2 fully saturated rings. The average Bonchev–Trinajstić information content (AvgIpc) is 3.19. The van der Waals surface area contributed by atoms with Crippen LogP contribution in [0.2, 0.25) is 0 Å². The van der Waals surface area contributed by atoms with Crippen LogP contribution in [-0.4, -0.2) is 29.6 Å². The first kappa shape index (κ1) is 13.6. The van der Waals surface area contributed by atoms with Gasteiger partial charge in [-0.2, -0.15) is 0 Å². The zero-order chi connectivity index (χ0) is 13.9. The van der Waals surface area contributed by atoms with Crippen LogP contribution in [0.5, 0.6) is 0 Å². The van der Waals surface area contributed by atoms with E-state index in [1.54, 1.807) is 0 Å². The van der Waals surface area contributed by atoms with Crippen molar-refractivity contribution >= 4 is 5.91 Å². The molecule has 2 atom stereocenters. The van der Waals surface area contributed by atoms with E-state index in [0.717, 1.165) is 19.4 Å². The molecule has 108 valence electrons. The Morgan fingerprint density at radius 3 is 2.65 bits per heavy atom. The summed E-state index contributed by atoms with van der Waals surface area (Å²) in [5.41, 5.74) is 1.20. The van der Waals surface area contributed by atoms with E-state index in [9.17, 15) is 4.79 Å². The van der Waals surface area contributed by atoms with Gasteiger partial charge >= 0.3 is 0 Å². The minimum Gasteiger partial charge on any atom is -0.368 e. The molecule has 0 N–H and O–H groups in total. The molecule has 0 bridgehead atoms. The summed E-state index contributed by atoms with van der Waals surface area (Å²) in [5.74, 6) is 0.870. The topological polar surface area (TPSA) is 29.5 Å². The highest BCUT2D eigenvalue weighted by Crippen LogP contribution is 2.36. The largest absolute Gasteiger partial charge is 0.368 e. The van der Waals surface area contributed by atoms with Gasteiger partial charge in [0.25, 0.3) is 5.91 Å². The highest BCUT2D eigenvalue weighted by atomic mass is 16.5. The highest BCUT2D eigenvalue weighted by molar-refractivity contribution is 5.81. The van der Waals surface area contributed by atoms with Crippen LogP contribution in [0.4, 0.5) is 0 Å².